The molecule has 1 fully saturated rings. The van der Waals surface area contributed by atoms with Gasteiger partial charge in [-0.2, -0.15) is 0 Å². The summed E-state index contributed by atoms with van der Waals surface area (Å²) in [5, 5.41) is 3.25. The Hall–Kier alpha value is -2.04. The fourth-order valence-corrected chi connectivity index (χ4v) is 3.71. The Kier molecular flexibility index (Phi) is 7.50. The van der Waals surface area contributed by atoms with E-state index in [-0.39, 0.29) is 17.4 Å². The number of carbonyl (C=O) groups is 2. The van der Waals surface area contributed by atoms with E-state index in [1.165, 1.54) is 18.4 Å². The summed E-state index contributed by atoms with van der Waals surface area (Å²) < 4.78 is 10.4. The third kappa shape index (κ3) is 5.98. The normalized spacial score (nSPS) is 18.1. The summed E-state index contributed by atoms with van der Waals surface area (Å²) in [4.78, 5) is 28.2. The minimum absolute atomic E-state index is 0.0157. The van der Waals surface area contributed by atoms with Gasteiger partial charge in [0, 0.05) is 18.5 Å². The number of amides is 1. The number of nitrogens with one attached hydrogen (secondary N) is 1. The third-order valence-corrected chi connectivity index (χ3v) is 5.28. The summed E-state index contributed by atoms with van der Waals surface area (Å²) in [6.07, 6.45) is 0.630. The Morgan fingerprint density at radius 2 is 2.18 bits per heavy atom. The summed E-state index contributed by atoms with van der Waals surface area (Å²) in [6, 6.07) is 1.40. The van der Waals surface area contributed by atoms with Gasteiger partial charge >= 0.3 is 5.97 Å². The predicted octanol–water partition coefficient (Wildman–Crippen LogP) is 3.37. The van der Waals surface area contributed by atoms with Crippen LogP contribution in [0.3, 0.4) is 0 Å². The lowest BCUT2D eigenvalue weighted by Crippen LogP contribution is -2.50. The quantitative estimate of drug-likeness (QED) is 0.600. The van der Waals surface area contributed by atoms with Crippen molar-refractivity contribution < 1.29 is 19.1 Å². The number of esters is 1. The van der Waals surface area contributed by atoms with Crippen LogP contribution in [0.25, 0.3) is 0 Å². The first-order valence-corrected chi connectivity index (χ1v) is 10.4. The summed E-state index contributed by atoms with van der Waals surface area (Å²) in [5.41, 5.74) is 0.453. The van der Waals surface area contributed by atoms with Crippen LogP contribution in [0.4, 0.5) is 5.69 Å². The number of thiophene rings is 1. The van der Waals surface area contributed by atoms with E-state index in [0.717, 1.165) is 4.88 Å². The highest BCUT2D eigenvalue weighted by molar-refractivity contribution is 7.15. The Morgan fingerprint density at radius 1 is 1.46 bits per heavy atom. The van der Waals surface area contributed by atoms with E-state index in [2.05, 4.69) is 17.2 Å². The summed E-state index contributed by atoms with van der Waals surface area (Å²) in [7, 11) is 1.35. The predicted molar refractivity (Wildman–Crippen MR) is 112 cm³/mol. The first kappa shape index (κ1) is 22.3. The lowest BCUT2D eigenvalue weighted by Gasteiger charge is -2.33. The summed E-state index contributed by atoms with van der Waals surface area (Å²) in [5.74, 6) is 5.88. The molecule has 0 aliphatic carbocycles. The first-order chi connectivity index (χ1) is 13.1. The van der Waals surface area contributed by atoms with Gasteiger partial charge in [-0.15, -0.1) is 11.3 Å². The largest absolute Gasteiger partial charge is 0.465 e. The van der Waals surface area contributed by atoms with E-state index >= 15 is 0 Å². The molecule has 0 saturated carbocycles. The van der Waals surface area contributed by atoms with Crippen molar-refractivity contribution in [2.24, 2.45) is 5.41 Å². The van der Waals surface area contributed by atoms with E-state index in [1.807, 2.05) is 45.6 Å². The Labute approximate surface area is 171 Å². The van der Waals surface area contributed by atoms with Crippen LogP contribution in [-0.2, 0) is 14.3 Å². The number of rotatable bonds is 5. The van der Waals surface area contributed by atoms with Crippen LogP contribution in [0.5, 0.6) is 0 Å². The van der Waals surface area contributed by atoms with Gasteiger partial charge in [0.2, 0.25) is 5.91 Å². The van der Waals surface area contributed by atoms with Gasteiger partial charge in [-0.1, -0.05) is 18.8 Å². The molecular formula is C21H30N2O4S. The minimum atomic E-state index is -0.432. The second-order valence-electron chi connectivity index (χ2n) is 7.92. The van der Waals surface area contributed by atoms with Crippen LogP contribution in [-0.4, -0.2) is 55.7 Å². The highest BCUT2D eigenvalue weighted by Crippen LogP contribution is 2.29. The molecular weight excluding hydrogens is 376 g/mol. The van der Waals surface area contributed by atoms with Crippen LogP contribution in [0.1, 0.15) is 55.6 Å². The minimum Gasteiger partial charge on any atom is -0.465 e. The molecule has 1 aromatic rings. The van der Waals surface area contributed by atoms with Crippen LogP contribution in [0.15, 0.2) is 6.07 Å². The molecule has 0 radical (unpaired) electrons. The summed E-state index contributed by atoms with van der Waals surface area (Å²) in [6.45, 7) is 11.7. The second kappa shape index (κ2) is 9.44. The molecule has 2 atom stereocenters. The molecule has 7 heteroatoms. The van der Waals surface area contributed by atoms with Crippen molar-refractivity contribution in [1.29, 1.82) is 0 Å². The second-order valence-corrected chi connectivity index (χ2v) is 8.97. The molecule has 0 spiro atoms. The zero-order valence-corrected chi connectivity index (χ0v) is 18.4. The molecule has 154 valence electrons. The fraction of sp³-hybridized carbons (Fsp3) is 0.619. The van der Waals surface area contributed by atoms with Gasteiger partial charge in [0.15, 0.2) is 0 Å². The van der Waals surface area contributed by atoms with E-state index in [0.29, 0.717) is 36.7 Å². The zero-order chi connectivity index (χ0) is 20.9. The molecule has 1 N–H and O–H groups in total. The molecule has 6 nitrogen and oxygen atoms in total. The standard InChI is InChI=1S/C21H30N2O4S/c1-7-16(19(24)23-10-11-27-14(2)13-23)22-17-12-15(8-9-21(3,4)5)28-18(17)20(25)26-6/h12,14,16,22H,7,10-11,13H2,1-6H3/t14?,16-/m0/s1. The Morgan fingerprint density at radius 3 is 2.75 bits per heavy atom. The number of methoxy groups -OCH3 is 1. The average molecular weight is 407 g/mol. The van der Waals surface area contributed by atoms with Crippen molar-refractivity contribution in [3.05, 3.63) is 15.8 Å². The number of hydrogen-bond acceptors (Lipinski definition) is 6. The number of anilines is 1. The van der Waals surface area contributed by atoms with Crippen molar-refractivity contribution in [3.63, 3.8) is 0 Å². The number of morpholine rings is 1. The lowest BCUT2D eigenvalue weighted by molar-refractivity contribution is -0.139. The van der Waals surface area contributed by atoms with E-state index in [4.69, 9.17) is 9.47 Å². The molecule has 1 unspecified atom stereocenters. The first-order valence-electron chi connectivity index (χ1n) is 9.56. The Bertz CT molecular complexity index is 770. The van der Waals surface area contributed by atoms with Gasteiger partial charge in [-0.05, 0) is 40.2 Å². The van der Waals surface area contributed by atoms with E-state index in [9.17, 15) is 9.59 Å². The topological polar surface area (TPSA) is 67.9 Å². The maximum atomic E-state index is 13.0. The van der Waals surface area contributed by atoms with Crippen molar-refractivity contribution >= 4 is 28.9 Å². The molecule has 1 amide bonds. The van der Waals surface area contributed by atoms with Gasteiger partial charge in [-0.25, -0.2) is 4.79 Å². The molecule has 0 bridgehead atoms. The number of nitrogens with zero attached hydrogens (tertiary/aromatic N) is 1. The summed E-state index contributed by atoms with van der Waals surface area (Å²) >= 11 is 1.28. The molecule has 2 heterocycles. The van der Waals surface area contributed by atoms with Gasteiger partial charge in [0.1, 0.15) is 10.9 Å². The number of carbonyl (C=O) groups excluding carboxylic acids is 2. The van der Waals surface area contributed by atoms with Crippen LogP contribution < -0.4 is 5.32 Å². The lowest BCUT2D eigenvalue weighted by atomic mass is 9.98. The Balaban J connectivity index is 2.25. The monoisotopic (exact) mass is 406 g/mol. The van der Waals surface area contributed by atoms with Crippen molar-refractivity contribution in [3.8, 4) is 11.8 Å². The number of ether oxygens (including phenoxy) is 2. The molecule has 1 aliphatic heterocycles. The van der Waals surface area contributed by atoms with Crippen LogP contribution in [0, 0.1) is 17.3 Å². The van der Waals surface area contributed by atoms with Crippen molar-refractivity contribution in [2.75, 3.05) is 32.1 Å². The van der Waals surface area contributed by atoms with Crippen LogP contribution in [0.2, 0.25) is 0 Å². The van der Waals surface area contributed by atoms with Crippen molar-refractivity contribution in [1.82, 2.24) is 4.90 Å². The highest BCUT2D eigenvalue weighted by atomic mass is 32.1. The molecule has 1 saturated heterocycles. The zero-order valence-electron chi connectivity index (χ0n) is 17.5. The molecule has 1 aromatic heterocycles. The maximum Gasteiger partial charge on any atom is 0.350 e. The van der Waals surface area contributed by atoms with Crippen LogP contribution >= 0.6 is 11.3 Å². The third-order valence-electron chi connectivity index (χ3n) is 4.25. The van der Waals surface area contributed by atoms with Crippen molar-refractivity contribution in [2.45, 2.75) is 53.2 Å². The average Bonchev–Trinajstić information content (AvgIpc) is 3.05. The van der Waals surface area contributed by atoms with E-state index in [1.54, 1.807) is 0 Å². The molecule has 2 rings (SSSR count). The SMILES string of the molecule is CC[C@H](Nc1cc(C#CC(C)(C)C)sc1C(=O)OC)C(=O)N1CCOC(C)C1. The maximum absolute atomic E-state index is 13.0. The number of hydrogen-bond donors (Lipinski definition) is 1. The smallest absolute Gasteiger partial charge is 0.350 e. The van der Waals surface area contributed by atoms with Gasteiger partial charge in [0.05, 0.1) is 30.4 Å². The highest BCUT2D eigenvalue weighted by Gasteiger charge is 2.28. The molecule has 28 heavy (non-hydrogen) atoms. The van der Waals surface area contributed by atoms with Gasteiger partial charge in [0.25, 0.3) is 0 Å². The fourth-order valence-electron chi connectivity index (χ4n) is 2.82. The molecule has 1 aliphatic rings. The van der Waals surface area contributed by atoms with Gasteiger partial charge < -0.3 is 19.7 Å². The van der Waals surface area contributed by atoms with Gasteiger partial charge in [-0.3, -0.25) is 4.79 Å². The van der Waals surface area contributed by atoms with E-state index < -0.39 is 12.0 Å². The molecule has 0 aromatic carbocycles.